The number of aryl methyl sites for hydroxylation is 2. The Balaban J connectivity index is 3.26. The average molecular weight is 208 g/mol. The van der Waals surface area contributed by atoms with E-state index in [1.165, 1.54) is 0 Å². The molecule has 0 bridgehead atoms. The van der Waals surface area contributed by atoms with Crippen LogP contribution in [0.2, 0.25) is 0 Å². The van der Waals surface area contributed by atoms with Crippen molar-refractivity contribution in [1.29, 1.82) is 0 Å². The zero-order valence-corrected chi connectivity index (χ0v) is 10.2. The topological polar surface area (TPSA) is 29.5 Å². The highest BCUT2D eigenvalue weighted by molar-refractivity contribution is 5.45. The van der Waals surface area contributed by atoms with Gasteiger partial charge in [-0.1, -0.05) is 26.0 Å². The summed E-state index contributed by atoms with van der Waals surface area (Å²) in [5, 5.41) is 9.32. The predicted molar refractivity (Wildman–Crippen MR) is 62.6 cm³/mol. The monoisotopic (exact) mass is 208 g/mol. The third-order valence-corrected chi connectivity index (χ3v) is 2.84. The van der Waals surface area contributed by atoms with Gasteiger partial charge in [0, 0.05) is 5.41 Å². The minimum atomic E-state index is -0.193. The third-order valence-electron chi connectivity index (χ3n) is 2.84. The van der Waals surface area contributed by atoms with E-state index in [0.717, 1.165) is 22.4 Å². The minimum absolute atomic E-state index is 0.151. The van der Waals surface area contributed by atoms with Gasteiger partial charge >= 0.3 is 0 Å². The van der Waals surface area contributed by atoms with Gasteiger partial charge in [0.25, 0.3) is 0 Å². The molecule has 1 N–H and O–H groups in total. The Morgan fingerprint density at radius 3 is 2.00 bits per heavy atom. The lowest BCUT2D eigenvalue weighted by atomic mass is 9.84. The molecule has 1 aromatic carbocycles. The van der Waals surface area contributed by atoms with Crippen molar-refractivity contribution in [3.8, 4) is 5.75 Å². The number of methoxy groups -OCH3 is 1. The van der Waals surface area contributed by atoms with E-state index < -0.39 is 0 Å². The summed E-state index contributed by atoms with van der Waals surface area (Å²) in [6.07, 6.45) is 0. The molecular weight excluding hydrogens is 188 g/mol. The molecule has 0 aliphatic carbocycles. The van der Waals surface area contributed by atoms with Crippen molar-refractivity contribution in [1.82, 2.24) is 0 Å². The van der Waals surface area contributed by atoms with Crippen molar-refractivity contribution < 1.29 is 9.84 Å². The van der Waals surface area contributed by atoms with Gasteiger partial charge in [-0.3, -0.25) is 0 Å². The van der Waals surface area contributed by atoms with Crippen LogP contribution in [0.3, 0.4) is 0 Å². The molecule has 2 nitrogen and oxygen atoms in total. The normalized spacial score (nSPS) is 11.6. The first-order valence-corrected chi connectivity index (χ1v) is 5.19. The van der Waals surface area contributed by atoms with E-state index in [1.807, 2.05) is 27.7 Å². The smallest absolute Gasteiger partial charge is 0.124 e. The molecule has 1 aromatic rings. The molecule has 0 atom stereocenters. The second-order valence-electron chi connectivity index (χ2n) is 4.69. The Morgan fingerprint density at radius 1 is 1.20 bits per heavy atom. The zero-order chi connectivity index (χ0) is 11.6. The van der Waals surface area contributed by atoms with Gasteiger partial charge in [0.1, 0.15) is 5.75 Å². The maximum Gasteiger partial charge on any atom is 0.124 e. The van der Waals surface area contributed by atoms with Crippen LogP contribution in [0.25, 0.3) is 0 Å². The number of rotatable bonds is 3. The van der Waals surface area contributed by atoms with Gasteiger partial charge in [-0.05, 0) is 30.5 Å². The molecule has 0 radical (unpaired) electrons. The quantitative estimate of drug-likeness (QED) is 0.827. The standard InChI is InChI=1S/C13H20O2/c1-9-6-11(13(3,4)8-14)7-10(2)12(9)15-5/h6-7,14H,8H2,1-5H3. The van der Waals surface area contributed by atoms with Crippen LogP contribution >= 0.6 is 0 Å². The Labute approximate surface area is 91.9 Å². The molecule has 0 aliphatic heterocycles. The average Bonchev–Trinajstić information content (AvgIpc) is 2.17. The van der Waals surface area contributed by atoms with Gasteiger partial charge in [0.15, 0.2) is 0 Å². The van der Waals surface area contributed by atoms with Crippen molar-refractivity contribution in [3.63, 3.8) is 0 Å². The minimum Gasteiger partial charge on any atom is -0.496 e. The number of ether oxygens (including phenoxy) is 1. The molecule has 0 heterocycles. The van der Waals surface area contributed by atoms with Crippen LogP contribution in [0.1, 0.15) is 30.5 Å². The fraction of sp³-hybridized carbons (Fsp3) is 0.538. The maximum absolute atomic E-state index is 9.32. The van der Waals surface area contributed by atoms with Crippen molar-refractivity contribution in [2.24, 2.45) is 0 Å². The molecule has 0 spiro atoms. The molecule has 0 unspecified atom stereocenters. The van der Waals surface area contributed by atoms with Gasteiger partial charge in [-0.25, -0.2) is 0 Å². The SMILES string of the molecule is COc1c(C)cc(C(C)(C)CO)cc1C. The molecule has 0 fully saturated rings. The number of hydrogen-bond acceptors (Lipinski definition) is 2. The fourth-order valence-electron chi connectivity index (χ4n) is 1.75. The Bertz CT molecular complexity index is 331. The van der Waals surface area contributed by atoms with Crippen LogP contribution in [0.4, 0.5) is 0 Å². The Kier molecular flexibility index (Phi) is 3.40. The molecule has 2 heteroatoms. The molecular formula is C13H20O2. The summed E-state index contributed by atoms with van der Waals surface area (Å²) in [5.74, 6) is 0.937. The number of aliphatic hydroxyl groups is 1. The van der Waals surface area contributed by atoms with Crippen LogP contribution in [0.15, 0.2) is 12.1 Å². The summed E-state index contributed by atoms with van der Waals surface area (Å²) in [5.41, 5.74) is 3.20. The predicted octanol–water partition coefficient (Wildman–Crippen LogP) is 2.58. The zero-order valence-electron chi connectivity index (χ0n) is 10.2. The van der Waals surface area contributed by atoms with E-state index in [9.17, 15) is 5.11 Å². The molecule has 1 rings (SSSR count). The molecule has 0 saturated carbocycles. The van der Waals surface area contributed by atoms with Gasteiger partial charge in [0.2, 0.25) is 0 Å². The van der Waals surface area contributed by atoms with Crippen molar-refractivity contribution in [3.05, 3.63) is 28.8 Å². The van der Waals surface area contributed by atoms with Crippen LogP contribution in [0, 0.1) is 13.8 Å². The highest BCUT2D eigenvalue weighted by Crippen LogP contribution is 2.30. The highest BCUT2D eigenvalue weighted by atomic mass is 16.5. The second-order valence-corrected chi connectivity index (χ2v) is 4.69. The maximum atomic E-state index is 9.32. The number of aliphatic hydroxyl groups excluding tert-OH is 1. The summed E-state index contributed by atoms with van der Waals surface area (Å²) in [6.45, 7) is 8.28. The first-order chi connectivity index (χ1) is 6.92. The summed E-state index contributed by atoms with van der Waals surface area (Å²) in [4.78, 5) is 0. The third kappa shape index (κ3) is 2.32. The summed E-state index contributed by atoms with van der Waals surface area (Å²) >= 11 is 0. The summed E-state index contributed by atoms with van der Waals surface area (Å²) in [7, 11) is 1.69. The molecule has 0 saturated heterocycles. The van der Waals surface area contributed by atoms with Gasteiger partial charge in [-0.2, -0.15) is 0 Å². The van der Waals surface area contributed by atoms with E-state index in [1.54, 1.807) is 7.11 Å². The van der Waals surface area contributed by atoms with Crippen LogP contribution < -0.4 is 4.74 Å². The van der Waals surface area contributed by atoms with E-state index in [4.69, 9.17) is 4.74 Å². The van der Waals surface area contributed by atoms with Gasteiger partial charge in [0.05, 0.1) is 13.7 Å². The molecule has 0 aliphatic rings. The Morgan fingerprint density at radius 2 is 1.67 bits per heavy atom. The fourth-order valence-corrected chi connectivity index (χ4v) is 1.75. The van der Waals surface area contributed by atoms with Crippen LogP contribution in [0.5, 0.6) is 5.75 Å². The summed E-state index contributed by atoms with van der Waals surface area (Å²) in [6, 6.07) is 4.17. The van der Waals surface area contributed by atoms with Crippen molar-refractivity contribution >= 4 is 0 Å². The molecule has 15 heavy (non-hydrogen) atoms. The van der Waals surface area contributed by atoms with Crippen LogP contribution in [-0.2, 0) is 5.41 Å². The largest absolute Gasteiger partial charge is 0.496 e. The lowest BCUT2D eigenvalue weighted by Crippen LogP contribution is -2.22. The lowest BCUT2D eigenvalue weighted by molar-refractivity contribution is 0.218. The number of hydrogen-bond donors (Lipinski definition) is 1. The van der Waals surface area contributed by atoms with Crippen LogP contribution in [-0.4, -0.2) is 18.8 Å². The summed E-state index contributed by atoms with van der Waals surface area (Å²) < 4.78 is 5.31. The Hall–Kier alpha value is -1.02. The van der Waals surface area contributed by atoms with E-state index in [2.05, 4.69) is 12.1 Å². The molecule has 0 aromatic heterocycles. The van der Waals surface area contributed by atoms with E-state index >= 15 is 0 Å². The van der Waals surface area contributed by atoms with Crippen molar-refractivity contribution in [2.45, 2.75) is 33.1 Å². The van der Waals surface area contributed by atoms with E-state index in [-0.39, 0.29) is 12.0 Å². The highest BCUT2D eigenvalue weighted by Gasteiger charge is 2.21. The lowest BCUT2D eigenvalue weighted by Gasteiger charge is -2.24. The first kappa shape index (κ1) is 12.1. The number of benzene rings is 1. The first-order valence-electron chi connectivity index (χ1n) is 5.19. The molecule has 0 amide bonds. The van der Waals surface area contributed by atoms with Gasteiger partial charge < -0.3 is 9.84 Å². The van der Waals surface area contributed by atoms with Crippen molar-refractivity contribution in [2.75, 3.05) is 13.7 Å². The van der Waals surface area contributed by atoms with E-state index in [0.29, 0.717) is 0 Å². The van der Waals surface area contributed by atoms with Gasteiger partial charge in [-0.15, -0.1) is 0 Å². The molecule has 84 valence electrons. The second kappa shape index (κ2) is 4.23.